The molecule has 4 nitrogen and oxygen atoms in total. The maximum Gasteiger partial charge on any atom is 0.191 e. The first-order chi connectivity index (χ1) is 12.8. The van der Waals surface area contributed by atoms with Crippen molar-refractivity contribution in [1.82, 2.24) is 10.6 Å². The third-order valence-corrected chi connectivity index (χ3v) is 4.75. The molecule has 1 heterocycles. The maximum absolute atomic E-state index is 4.33. The van der Waals surface area contributed by atoms with Crippen LogP contribution >= 0.6 is 24.0 Å². The first-order valence-electron chi connectivity index (χ1n) is 9.24. The van der Waals surface area contributed by atoms with Crippen LogP contribution in [0.5, 0.6) is 0 Å². The van der Waals surface area contributed by atoms with Gasteiger partial charge in [-0.05, 0) is 29.2 Å². The average molecular weight is 476 g/mol. The van der Waals surface area contributed by atoms with Crippen molar-refractivity contribution >= 4 is 35.6 Å². The van der Waals surface area contributed by atoms with Gasteiger partial charge in [0.25, 0.3) is 0 Å². The molecule has 3 rings (SSSR count). The van der Waals surface area contributed by atoms with Gasteiger partial charge in [0.1, 0.15) is 0 Å². The number of benzene rings is 2. The van der Waals surface area contributed by atoms with E-state index < -0.39 is 0 Å². The Bertz CT molecular complexity index is 733. The molecule has 2 aromatic rings. The quantitative estimate of drug-likeness (QED) is 0.285. The van der Waals surface area contributed by atoms with Crippen LogP contribution in [0.25, 0.3) is 0 Å². The molecule has 1 aliphatic rings. The van der Waals surface area contributed by atoms with Crippen molar-refractivity contribution in [2.75, 3.05) is 31.6 Å². The fraction of sp³-hybridized carbons (Fsp3) is 0.318. The largest absolute Gasteiger partial charge is 0.364 e. The zero-order valence-electron chi connectivity index (χ0n) is 16.1. The Balaban J connectivity index is 0.00000261. The minimum absolute atomic E-state index is 0. The molecule has 0 amide bonds. The third-order valence-electron chi connectivity index (χ3n) is 4.75. The Labute approximate surface area is 179 Å². The van der Waals surface area contributed by atoms with Crippen LogP contribution in [0.2, 0.25) is 0 Å². The molecule has 2 N–H and O–H groups in total. The monoisotopic (exact) mass is 476 g/mol. The van der Waals surface area contributed by atoms with Crippen molar-refractivity contribution in [3.8, 4) is 0 Å². The molecule has 0 saturated carbocycles. The Morgan fingerprint density at radius 3 is 2.30 bits per heavy atom. The molecule has 144 valence electrons. The number of aliphatic imine (C=N–C) groups is 1. The first kappa shape index (κ1) is 21.3. The van der Waals surface area contributed by atoms with Crippen molar-refractivity contribution in [2.24, 2.45) is 4.99 Å². The highest BCUT2D eigenvalue weighted by Gasteiger charge is 2.08. The summed E-state index contributed by atoms with van der Waals surface area (Å²) < 4.78 is 0. The van der Waals surface area contributed by atoms with E-state index in [0.29, 0.717) is 5.92 Å². The minimum atomic E-state index is 0. The summed E-state index contributed by atoms with van der Waals surface area (Å²) in [5.41, 5.74) is 3.86. The number of anilines is 1. The number of hydrogen-bond donors (Lipinski definition) is 2. The van der Waals surface area contributed by atoms with Crippen LogP contribution in [0, 0.1) is 0 Å². The predicted octanol–water partition coefficient (Wildman–Crippen LogP) is 4.15. The normalized spacial score (nSPS) is 14.6. The molecule has 0 aromatic heterocycles. The van der Waals surface area contributed by atoms with Crippen LogP contribution < -0.4 is 15.5 Å². The lowest BCUT2D eigenvalue weighted by atomic mass is 10.0. The van der Waals surface area contributed by atoms with Gasteiger partial charge in [-0.15, -0.1) is 24.0 Å². The topological polar surface area (TPSA) is 39.7 Å². The second-order valence-corrected chi connectivity index (χ2v) is 6.66. The van der Waals surface area contributed by atoms with E-state index >= 15 is 0 Å². The van der Waals surface area contributed by atoms with Gasteiger partial charge in [0.15, 0.2) is 5.96 Å². The van der Waals surface area contributed by atoms with Gasteiger partial charge in [-0.2, -0.15) is 0 Å². The molecule has 5 heteroatoms. The highest BCUT2D eigenvalue weighted by molar-refractivity contribution is 14.0. The van der Waals surface area contributed by atoms with Gasteiger partial charge in [0.2, 0.25) is 0 Å². The summed E-state index contributed by atoms with van der Waals surface area (Å²) in [5, 5.41) is 6.81. The second-order valence-electron chi connectivity index (χ2n) is 6.66. The van der Waals surface area contributed by atoms with Crippen LogP contribution in [0.3, 0.4) is 0 Å². The minimum Gasteiger partial charge on any atom is -0.364 e. The van der Waals surface area contributed by atoms with Crippen molar-refractivity contribution in [2.45, 2.75) is 19.4 Å². The summed E-state index contributed by atoms with van der Waals surface area (Å²) in [6.45, 7) is 5.85. The van der Waals surface area contributed by atoms with E-state index in [1.807, 2.05) is 7.05 Å². The molecule has 1 atom stereocenters. The molecule has 0 bridgehead atoms. The Kier molecular flexibility index (Phi) is 8.64. The van der Waals surface area contributed by atoms with Gasteiger partial charge in [-0.25, -0.2) is 0 Å². The lowest BCUT2D eigenvalue weighted by Gasteiger charge is -2.18. The zero-order chi connectivity index (χ0) is 18.2. The number of halogens is 1. The zero-order valence-corrected chi connectivity index (χ0v) is 18.4. The number of hydrogen-bond acceptors (Lipinski definition) is 2. The number of nitrogens with one attached hydrogen (secondary N) is 2. The van der Waals surface area contributed by atoms with E-state index in [4.69, 9.17) is 0 Å². The molecule has 0 aliphatic carbocycles. The van der Waals surface area contributed by atoms with Crippen LogP contribution in [0.1, 0.15) is 24.0 Å². The molecule has 0 saturated heterocycles. The van der Waals surface area contributed by atoms with E-state index in [2.05, 4.69) is 94.2 Å². The van der Waals surface area contributed by atoms with E-state index in [1.165, 1.54) is 16.8 Å². The van der Waals surface area contributed by atoms with Gasteiger partial charge in [0, 0.05) is 38.9 Å². The molecular formula is C22H29IN4. The van der Waals surface area contributed by atoms with Crippen molar-refractivity contribution < 1.29 is 0 Å². The number of nitrogens with zero attached hydrogens (tertiary/aromatic N) is 2. The molecule has 0 fully saturated rings. The second kappa shape index (κ2) is 11.0. The third kappa shape index (κ3) is 6.27. The molecule has 0 spiro atoms. The van der Waals surface area contributed by atoms with Gasteiger partial charge >= 0.3 is 0 Å². The smallest absolute Gasteiger partial charge is 0.191 e. The Morgan fingerprint density at radius 2 is 1.67 bits per heavy atom. The van der Waals surface area contributed by atoms with Crippen LogP contribution in [-0.2, 0) is 6.54 Å². The first-order valence-corrected chi connectivity index (χ1v) is 9.24. The summed E-state index contributed by atoms with van der Waals surface area (Å²) >= 11 is 0. The molecule has 27 heavy (non-hydrogen) atoms. The lowest BCUT2D eigenvalue weighted by molar-refractivity contribution is 0.699. The highest BCUT2D eigenvalue weighted by Crippen LogP contribution is 2.17. The van der Waals surface area contributed by atoms with Crippen LogP contribution in [-0.4, -0.2) is 32.6 Å². The van der Waals surface area contributed by atoms with E-state index in [-0.39, 0.29) is 24.0 Å². The summed E-state index contributed by atoms with van der Waals surface area (Å²) in [6.07, 6.45) is 4.42. The summed E-state index contributed by atoms with van der Waals surface area (Å²) in [5.74, 6) is 1.27. The standard InChI is InChI=1S/C22H28N4.HI/c1-18(20-8-4-3-5-9-20)16-24-22(23-2)25-17-19-10-12-21(13-11-19)26-14-6-7-15-26;/h3-13,18H,14-17H2,1-2H3,(H2,23,24,25);1H. The molecule has 1 unspecified atom stereocenters. The fourth-order valence-electron chi connectivity index (χ4n) is 3.07. The highest BCUT2D eigenvalue weighted by atomic mass is 127. The SMILES string of the molecule is CN=C(NCc1ccc(N2CC=CC2)cc1)NCC(C)c1ccccc1.I. The average Bonchev–Trinajstić information content (AvgIpc) is 3.24. The number of guanidine groups is 1. The lowest BCUT2D eigenvalue weighted by Crippen LogP contribution is -2.38. The molecule has 1 aliphatic heterocycles. The van der Waals surface area contributed by atoms with Crippen LogP contribution in [0.4, 0.5) is 5.69 Å². The summed E-state index contributed by atoms with van der Waals surface area (Å²) in [6, 6.07) is 19.3. The number of rotatable bonds is 6. The van der Waals surface area contributed by atoms with E-state index in [9.17, 15) is 0 Å². The van der Waals surface area contributed by atoms with Gasteiger partial charge < -0.3 is 15.5 Å². The van der Waals surface area contributed by atoms with Crippen molar-refractivity contribution in [1.29, 1.82) is 0 Å². The van der Waals surface area contributed by atoms with Gasteiger partial charge in [-0.3, -0.25) is 4.99 Å². The maximum atomic E-state index is 4.33. The molecule has 2 aromatic carbocycles. The van der Waals surface area contributed by atoms with Gasteiger partial charge in [0.05, 0.1) is 0 Å². The van der Waals surface area contributed by atoms with E-state index in [0.717, 1.165) is 32.1 Å². The van der Waals surface area contributed by atoms with Crippen molar-refractivity contribution in [3.63, 3.8) is 0 Å². The van der Waals surface area contributed by atoms with E-state index in [1.54, 1.807) is 0 Å². The van der Waals surface area contributed by atoms with Gasteiger partial charge in [-0.1, -0.05) is 61.5 Å². The van der Waals surface area contributed by atoms with Crippen LogP contribution in [0.15, 0.2) is 71.7 Å². The summed E-state index contributed by atoms with van der Waals surface area (Å²) in [7, 11) is 1.81. The summed E-state index contributed by atoms with van der Waals surface area (Å²) in [4.78, 5) is 6.68. The molecular weight excluding hydrogens is 447 g/mol. The Morgan fingerprint density at radius 1 is 1.00 bits per heavy atom. The predicted molar refractivity (Wildman–Crippen MR) is 126 cm³/mol. The molecule has 0 radical (unpaired) electrons. The van der Waals surface area contributed by atoms with Crippen molar-refractivity contribution in [3.05, 3.63) is 77.9 Å². The Hall–Kier alpha value is -2.02. The fourth-order valence-corrected chi connectivity index (χ4v) is 3.07.